The smallest absolute Gasteiger partial charge is 0.304 e. The lowest BCUT2D eigenvalue weighted by atomic mass is 9.96. The summed E-state index contributed by atoms with van der Waals surface area (Å²) in [6.07, 6.45) is 3.42. The van der Waals surface area contributed by atoms with E-state index in [2.05, 4.69) is 16.8 Å². The Morgan fingerprint density at radius 1 is 1.15 bits per heavy atom. The van der Waals surface area contributed by atoms with Crippen LogP contribution < -0.4 is 4.74 Å². The molecule has 166 valence electrons. The summed E-state index contributed by atoms with van der Waals surface area (Å²) in [7, 11) is 0. The summed E-state index contributed by atoms with van der Waals surface area (Å²) < 4.78 is 34.9. The summed E-state index contributed by atoms with van der Waals surface area (Å²) in [4.78, 5) is 15.5. The molecule has 33 heavy (non-hydrogen) atoms. The molecule has 0 fully saturated rings. The average molecular weight is 446 g/mol. The van der Waals surface area contributed by atoms with E-state index in [1.165, 1.54) is 12.1 Å². The molecule has 2 aromatic heterocycles. The van der Waals surface area contributed by atoms with Crippen LogP contribution in [0.15, 0.2) is 67.0 Å². The van der Waals surface area contributed by atoms with E-state index in [0.717, 1.165) is 17.2 Å². The second-order valence-corrected chi connectivity index (χ2v) is 7.45. The van der Waals surface area contributed by atoms with E-state index in [9.17, 15) is 13.6 Å². The third-order valence-corrected chi connectivity index (χ3v) is 5.12. The van der Waals surface area contributed by atoms with E-state index in [-0.39, 0.29) is 24.5 Å². The Morgan fingerprint density at radius 2 is 1.94 bits per heavy atom. The van der Waals surface area contributed by atoms with Crippen LogP contribution in [0.4, 0.5) is 8.78 Å². The molecule has 2 heterocycles. The number of hydrogen-bond acceptors (Lipinski definition) is 3. The molecule has 0 saturated carbocycles. The van der Waals surface area contributed by atoms with Gasteiger partial charge < -0.3 is 14.2 Å². The van der Waals surface area contributed by atoms with Crippen molar-refractivity contribution in [3.8, 4) is 28.8 Å². The Balaban J connectivity index is 1.47. The Kier molecular flexibility index (Phi) is 6.36. The molecule has 0 amide bonds. The lowest BCUT2D eigenvalue weighted by Crippen LogP contribution is -2.04. The first-order valence-electron chi connectivity index (χ1n) is 10.2. The van der Waals surface area contributed by atoms with Gasteiger partial charge in [0, 0.05) is 24.0 Å². The van der Waals surface area contributed by atoms with Crippen LogP contribution in [0.2, 0.25) is 0 Å². The molecule has 1 unspecified atom stereocenters. The molecular weight excluding hydrogens is 426 g/mol. The molecule has 0 radical (unpaired) electrons. The summed E-state index contributed by atoms with van der Waals surface area (Å²) in [5.74, 6) is 3.76. The standard InChI is InChI=1S/C26H20F2N2O3/c1-2-3-19(13-26(31)32)18-4-7-21(8-5-18)33-16-17-10-11-30-15-24(29-25(30)12-17)22-9-6-20(27)14-23(22)28/h4-12,14-15,19H,13,16H2,1H3,(H,31,32). The van der Waals surface area contributed by atoms with Crippen LogP contribution in [0.1, 0.15) is 30.4 Å². The van der Waals surface area contributed by atoms with Crippen molar-refractivity contribution in [1.82, 2.24) is 9.38 Å². The number of aliphatic carboxylic acids is 1. The van der Waals surface area contributed by atoms with Gasteiger partial charge in [0.1, 0.15) is 29.6 Å². The van der Waals surface area contributed by atoms with Gasteiger partial charge in [0.05, 0.1) is 18.0 Å². The number of imidazole rings is 1. The fourth-order valence-corrected chi connectivity index (χ4v) is 3.50. The number of carboxylic acids is 1. The van der Waals surface area contributed by atoms with Crippen molar-refractivity contribution in [2.45, 2.75) is 25.9 Å². The molecule has 5 nitrogen and oxygen atoms in total. The summed E-state index contributed by atoms with van der Waals surface area (Å²) >= 11 is 0. The predicted octanol–water partition coefficient (Wildman–Crippen LogP) is 5.44. The number of fused-ring (bicyclic) bond motifs is 1. The Labute approximate surface area is 189 Å². The normalized spacial score (nSPS) is 11.6. The summed E-state index contributed by atoms with van der Waals surface area (Å²) in [6.45, 7) is 1.97. The minimum absolute atomic E-state index is 0.0603. The van der Waals surface area contributed by atoms with Crippen LogP contribution in [-0.4, -0.2) is 20.5 Å². The molecule has 4 rings (SSSR count). The van der Waals surface area contributed by atoms with E-state index in [4.69, 9.17) is 9.84 Å². The molecule has 2 aromatic carbocycles. The number of benzene rings is 2. The van der Waals surface area contributed by atoms with Crippen LogP contribution in [0.25, 0.3) is 16.9 Å². The van der Waals surface area contributed by atoms with Crippen molar-refractivity contribution in [3.05, 3.63) is 89.8 Å². The molecule has 0 aliphatic heterocycles. The van der Waals surface area contributed by atoms with Gasteiger partial charge in [0.15, 0.2) is 0 Å². The molecule has 1 N–H and O–H groups in total. The van der Waals surface area contributed by atoms with Crippen LogP contribution >= 0.6 is 0 Å². The van der Waals surface area contributed by atoms with Crippen molar-refractivity contribution in [1.29, 1.82) is 0 Å². The number of carbonyl (C=O) groups is 1. The second kappa shape index (κ2) is 9.53. The van der Waals surface area contributed by atoms with Crippen LogP contribution in [0.5, 0.6) is 5.75 Å². The third-order valence-electron chi connectivity index (χ3n) is 5.12. The van der Waals surface area contributed by atoms with Crippen LogP contribution in [-0.2, 0) is 11.4 Å². The first kappa shape index (κ1) is 22.0. The quantitative estimate of drug-likeness (QED) is 0.384. The molecule has 4 aromatic rings. The molecule has 1 atom stereocenters. The number of nitrogens with zero attached hydrogens (tertiary/aromatic N) is 2. The maximum absolute atomic E-state index is 14.1. The zero-order valence-corrected chi connectivity index (χ0v) is 17.8. The maximum atomic E-state index is 14.1. The largest absolute Gasteiger partial charge is 0.489 e. The Morgan fingerprint density at radius 3 is 2.64 bits per heavy atom. The van der Waals surface area contributed by atoms with E-state index in [1.807, 2.05) is 24.3 Å². The van der Waals surface area contributed by atoms with Crippen LogP contribution in [0, 0.1) is 23.5 Å². The molecule has 7 heteroatoms. The van der Waals surface area contributed by atoms with Crippen LogP contribution in [0.3, 0.4) is 0 Å². The number of pyridine rings is 1. The first-order valence-corrected chi connectivity index (χ1v) is 10.2. The molecular formula is C26H20F2N2O3. The van der Waals surface area contributed by atoms with Gasteiger partial charge in [0.25, 0.3) is 0 Å². The highest BCUT2D eigenvalue weighted by Gasteiger charge is 2.14. The SMILES string of the molecule is CC#CC(CC(=O)O)c1ccc(OCc2ccn3cc(-c4ccc(F)cc4F)nc3c2)cc1. The number of hydrogen-bond donors (Lipinski definition) is 1. The van der Waals surface area contributed by atoms with Gasteiger partial charge in [-0.2, -0.15) is 0 Å². The minimum Gasteiger partial charge on any atom is -0.489 e. The van der Waals surface area contributed by atoms with Gasteiger partial charge in [-0.1, -0.05) is 18.1 Å². The highest BCUT2D eigenvalue weighted by atomic mass is 19.1. The number of carboxylic acid groups (broad SMARTS) is 1. The van der Waals surface area contributed by atoms with E-state index >= 15 is 0 Å². The van der Waals surface area contributed by atoms with Gasteiger partial charge in [-0.25, -0.2) is 13.8 Å². The maximum Gasteiger partial charge on any atom is 0.304 e. The van der Waals surface area contributed by atoms with Crippen molar-refractivity contribution >= 4 is 11.6 Å². The van der Waals surface area contributed by atoms with Crippen molar-refractivity contribution in [2.75, 3.05) is 0 Å². The zero-order chi connectivity index (χ0) is 23.4. The van der Waals surface area contributed by atoms with Crippen molar-refractivity contribution < 1.29 is 23.4 Å². The predicted molar refractivity (Wildman–Crippen MR) is 120 cm³/mol. The monoisotopic (exact) mass is 446 g/mol. The van der Waals surface area contributed by atoms with E-state index in [1.54, 1.807) is 35.9 Å². The van der Waals surface area contributed by atoms with Gasteiger partial charge >= 0.3 is 5.97 Å². The Bertz CT molecular complexity index is 1370. The molecule has 0 spiro atoms. The molecule has 0 aliphatic rings. The van der Waals surface area contributed by atoms with Crippen molar-refractivity contribution in [3.63, 3.8) is 0 Å². The molecule has 0 saturated heterocycles. The number of halogens is 2. The summed E-state index contributed by atoms with van der Waals surface area (Å²) in [6, 6.07) is 14.3. The zero-order valence-electron chi connectivity index (χ0n) is 17.8. The van der Waals surface area contributed by atoms with Gasteiger partial charge in [-0.15, -0.1) is 5.92 Å². The fourth-order valence-electron chi connectivity index (χ4n) is 3.50. The van der Waals surface area contributed by atoms with Gasteiger partial charge in [-0.05, 0) is 54.4 Å². The lowest BCUT2D eigenvalue weighted by Gasteiger charge is -2.11. The minimum atomic E-state index is -0.900. The van der Waals surface area contributed by atoms with Crippen molar-refractivity contribution in [2.24, 2.45) is 0 Å². The second-order valence-electron chi connectivity index (χ2n) is 7.45. The van der Waals surface area contributed by atoms with Gasteiger partial charge in [0.2, 0.25) is 0 Å². The number of aromatic nitrogens is 2. The number of ether oxygens (including phenoxy) is 1. The molecule has 0 aliphatic carbocycles. The molecule has 0 bridgehead atoms. The highest BCUT2D eigenvalue weighted by molar-refractivity contribution is 5.69. The number of rotatable bonds is 7. The fraction of sp³-hybridized carbons (Fsp3) is 0.154. The highest BCUT2D eigenvalue weighted by Crippen LogP contribution is 2.25. The Hall–Kier alpha value is -4.18. The van der Waals surface area contributed by atoms with E-state index in [0.29, 0.717) is 17.1 Å². The summed E-state index contributed by atoms with van der Waals surface area (Å²) in [5, 5.41) is 9.07. The third kappa shape index (κ3) is 5.18. The first-order chi connectivity index (χ1) is 15.9. The summed E-state index contributed by atoms with van der Waals surface area (Å²) in [5.41, 5.74) is 2.93. The van der Waals surface area contributed by atoms with E-state index < -0.39 is 17.6 Å². The topological polar surface area (TPSA) is 63.8 Å². The lowest BCUT2D eigenvalue weighted by molar-refractivity contribution is -0.137. The van der Waals surface area contributed by atoms with Gasteiger partial charge in [-0.3, -0.25) is 4.79 Å². The average Bonchev–Trinajstić information content (AvgIpc) is 3.20.